The number of fused-ring (bicyclic) bond motifs is 1. The molecule has 0 unspecified atom stereocenters. The number of H-pyrrole nitrogens is 1. The molecule has 0 saturated carbocycles. The molecule has 1 atom stereocenters. The van der Waals surface area contributed by atoms with Gasteiger partial charge in [0, 0.05) is 24.0 Å². The van der Waals surface area contributed by atoms with Gasteiger partial charge in [0.05, 0.1) is 0 Å². The molecular weight excluding hydrogens is 326 g/mol. The monoisotopic (exact) mass is 347 g/mol. The standard InChI is InChI=1S/C21H21N3O2/c1-14-6-8-15(9-7-14)13-24-11-10-18(21(24)26)23-20(25)19-12-16-4-2-3-5-17(16)22-19/h2-9,12,18,22H,10-11,13H2,1H3,(H,23,25)/t18-/m0/s1. The zero-order chi connectivity index (χ0) is 18.1. The van der Waals surface area contributed by atoms with Crippen LogP contribution in [0, 0.1) is 6.92 Å². The lowest BCUT2D eigenvalue weighted by atomic mass is 10.1. The molecule has 1 aliphatic rings. The van der Waals surface area contributed by atoms with Crippen LogP contribution < -0.4 is 5.32 Å². The van der Waals surface area contributed by atoms with Gasteiger partial charge in [-0.05, 0) is 31.0 Å². The van der Waals surface area contributed by atoms with Gasteiger partial charge in [0.15, 0.2) is 0 Å². The average Bonchev–Trinajstić information content (AvgIpc) is 3.22. The quantitative estimate of drug-likeness (QED) is 0.762. The van der Waals surface area contributed by atoms with Crippen LogP contribution >= 0.6 is 0 Å². The van der Waals surface area contributed by atoms with Crippen molar-refractivity contribution in [1.29, 1.82) is 0 Å². The number of aromatic nitrogens is 1. The molecule has 0 aliphatic carbocycles. The number of benzene rings is 2. The highest BCUT2D eigenvalue weighted by molar-refractivity contribution is 6.00. The summed E-state index contributed by atoms with van der Waals surface area (Å²) in [5, 5.41) is 3.85. The number of nitrogens with zero attached hydrogens (tertiary/aromatic N) is 1. The number of hydrogen-bond donors (Lipinski definition) is 2. The molecule has 4 rings (SSSR count). The largest absolute Gasteiger partial charge is 0.351 e. The van der Waals surface area contributed by atoms with E-state index in [-0.39, 0.29) is 11.8 Å². The van der Waals surface area contributed by atoms with Gasteiger partial charge in [0.2, 0.25) is 5.91 Å². The first kappa shape index (κ1) is 16.4. The van der Waals surface area contributed by atoms with Crippen molar-refractivity contribution in [2.45, 2.75) is 25.9 Å². The summed E-state index contributed by atoms with van der Waals surface area (Å²) in [6.45, 7) is 3.28. The number of aromatic amines is 1. The fraction of sp³-hybridized carbons (Fsp3) is 0.238. The zero-order valence-electron chi connectivity index (χ0n) is 14.7. The number of nitrogens with one attached hydrogen (secondary N) is 2. The summed E-state index contributed by atoms with van der Waals surface area (Å²) in [7, 11) is 0. The van der Waals surface area contributed by atoms with Crippen LogP contribution in [0.25, 0.3) is 10.9 Å². The van der Waals surface area contributed by atoms with Gasteiger partial charge in [-0.3, -0.25) is 9.59 Å². The Hall–Kier alpha value is -3.08. The van der Waals surface area contributed by atoms with E-state index in [1.54, 1.807) is 4.90 Å². The van der Waals surface area contributed by atoms with Gasteiger partial charge in [-0.2, -0.15) is 0 Å². The molecule has 0 radical (unpaired) electrons. The van der Waals surface area contributed by atoms with Crippen molar-refractivity contribution in [1.82, 2.24) is 15.2 Å². The Kier molecular flexibility index (Phi) is 4.21. The Morgan fingerprint density at radius 2 is 1.96 bits per heavy atom. The smallest absolute Gasteiger partial charge is 0.268 e. The van der Waals surface area contributed by atoms with Crippen LogP contribution in [0.1, 0.15) is 28.0 Å². The lowest BCUT2D eigenvalue weighted by molar-refractivity contribution is -0.129. The summed E-state index contributed by atoms with van der Waals surface area (Å²) in [6, 6.07) is 17.3. The van der Waals surface area contributed by atoms with Gasteiger partial charge in [-0.1, -0.05) is 48.0 Å². The molecule has 0 spiro atoms. The summed E-state index contributed by atoms with van der Waals surface area (Å²) < 4.78 is 0. The topological polar surface area (TPSA) is 65.2 Å². The lowest BCUT2D eigenvalue weighted by Crippen LogP contribution is -2.41. The summed E-state index contributed by atoms with van der Waals surface area (Å²) in [5.74, 6) is -0.258. The number of para-hydroxylation sites is 1. The molecule has 2 amide bonds. The van der Waals surface area contributed by atoms with E-state index in [0.717, 1.165) is 16.5 Å². The summed E-state index contributed by atoms with van der Waals surface area (Å²) in [4.78, 5) is 30.0. The Balaban J connectivity index is 1.41. The van der Waals surface area contributed by atoms with Crippen LogP contribution in [-0.2, 0) is 11.3 Å². The third-order valence-corrected chi connectivity index (χ3v) is 4.87. The Morgan fingerprint density at radius 1 is 1.19 bits per heavy atom. The van der Waals surface area contributed by atoms with Crippen LogP contribution in [0.4, 0.5) is 0 Å². The minimum atomic E-state index is -0.459. The second kappa shape index (κ2) is 6.67. The van der Waals surface area contributed by atoms with E-state index >= 15 is 0 Å². The van der Waals surface area contributed by atoms with Crippen molar-refractivity contribution < 1.29 is 9.59 Å². The van der Waals surface area contributed by atoms with Crippen molar-refractivity contribution in [2.24, 2.45) is 0 Å². The predicted molar refractivity (Wildman–Crippen MR) is 101 cm³/mol. The maximum absolute atomic E-state index is 12.6. The zero-order valence-corrected chi connectivity index (χ0v) is 14.7. The first-order valence-corrected chi connectivity index (χ1v) is 8.83. The average molecular weight is 347 g/mol. The van der Waals surface area contributed by atoms with Gasteiger partial charge in [-0.25, -0.2) is 0 Å². The van der Waals surface area contributed by atoms with E-state index in [0.29, 0.717) is 25.2 Å². The van der Waals surface area contributed by atoms with Gasteiger partial charge < -0.3 is 15.2 Å². The molecule has 132 valence electrons. The Labute approximate surface area is 152 Å². The molecule has 0 bridgehead atoms. The minimum absolute atomic E-state index is 0.0185. The second-order valence-electron chi connectivity index (χ2n) is 6.83. The highest BCUT2D eigenvalue weighted by Gasteiger charge is 2.33. The van der Waals surface area contributed by atoms with Crippen molar-refractivity contribution in [2.75, 3.05) is 6.54 Å². The maximum atomic E-state index is 12.6. The van der Waals surface area contributed by atoms with Crippen molar-refractivity contribution in [3.8, 4) is 0 Å². The van der Waals surface area contributed by atoms with Crippen molar-refractivity contribution in [3.05, 3.63) is 71.4 Å². The first-order chi connectivity index (χ1) is 12.6. The van der Waals surface area contributed by atoms with E-state index < -0.39 is 6.04 Å². The van der Waals surface area contributed by atoms with Gasteiger partial charge >= 0.3 is 0 Å². The third kappa shape index (κ3) is 3.20. The third-order valence-electron chi connectivity index (χ3n) is 4.87. The Morgan fingerprint density at radius 3 is 2.73 bits per heavy atom. The van der Waals surface area contributed by atoms with Crippen LogP contribution in [-0.4, -0.2) is 34.3 Å². The van der Waals surface area contributed by atoms with Crippen LogP contribution in [0.2, 0.25) is 0 Å². The van der Waals surface area contributed by atoms with Crippen LogP contribution in [0.5, 0.6) is 0 Å². The molecule has 1 saturated heterocycles. The maximum Gasteiger partial charge on any atom is 0.268 e. The van der Waals surface area contributed by atoms with E-state index in [9.17, 15) is 9.59 Å². The molecule has 3 aromatic rings. The number of carbonyl (C=O) groups excluding carboxylic acids is 2. The van der Waals surface area contributed by atoms with Gasteiger partial charge in [0.1, 0.15) is 11.7 Å². The summed E-state index contributed by atoms with van der Waals surface area (Å²) >= 11 is 0. The van der Waals surface area contributed by atoms with Crippen LogP contribution in [0.15, 0.2) is 54.6 Å². The lowest BCUT2D eigenvalue weighted by Gasteiger charge is -2.17. The molecule has 5 heteroatoms. The number of amides is 2. The van der Waals surface area contributed by atoms with Crippen LogP contribution in [0.3, 0.4) is 0 Å². The number of rotatable bonds is 4. The van der Waals surface area contributed by atoms with E-state index in [1.807, 2.05) is 61.5 Å². The predicted octanol–water partition coefficient (Wildman–Crippen LogP) is 3.01. The SMILES string of the molecule is Cc1ccc(CN2CC[C@H](NC(=O)c3cc4ccccc4[nH]3)C2=O)cc1. The van der Waals surface area contributed by atoms with E-state index in [4.69, 9.17) is 0 Å². The van der Waals surface area contributed by atoms with Gasteiger partial charge in [0.25, 0.3) is 5.91 Å². The molecule has 1 aliphatic heterocycles. The Bertz CT molecular complexity index is 926. The molecule has 1 fully saturated rings. The first-order valence-electron chi connectivity index (χ1n) is 8.83. The van der Waals surface area contributed by atoms with Crippen molar-refractivity contribution in [3.63, 3.8) is 0 Å². The highest BCUT2D eigenvalue weighted by Crippen LogP contribution is 2.18. The second-order valence-corrected chi connectivity index (χ2v) is 6.83. The molecule has 1 aromatic heterocycles. The molecule has 2 N–H and O–H groups in total. The number of hydrogen-bond acceptors (Lipinski definition) is 2. The number of carbonyl (C=O) groups is 2. The number of aryl methyl sites for hydroxylation is 1. The molecule has 2 heterocycles. The summed E-state index contributed by atoms with van der Waals surface area (Å²) in [6.07, 6.45) is 0.636. The van der Waals surface area contributed by atoms with E-state index in [2.05, 4.69) is 10.3 Å². The fourth-order valence-corrected chi connectivity index (χ4v) is 3.38. The fourth-order valence-electron chi connectivity index (χ4n) is 3.38. The highest BCUT2D eigenvalue weighted by atomic mass is 16.2. The molecular formula is C21H21N3O2. The molecule has 5 nitrogen and oxygen atoms in total. The molecule has 26 heavy (non-hydrogen) atoms. The normalized spacial score (nSPS) is 17.0. The van der Waals surface area contributed by atoms with Gasteiger partial charge in [-0.15, -0.1) is 0 Å². The number of likely N-dealkylation sites (tertiary alicyclic amines) is 1. The van der Waals surface area contributed by atoms with Crippen molar-refractivity contribution >= 4 is 22.7 Å². The molecule has 2 aromatic carbocycles. The summed E-state index contributed by atoms with van der Waals surface area (Å²) in [5.41, 5.74) is 3.70. The minimum Gasteiger partial charge on any atom is -0.351 e. The van der Waals surface area contributed by atoms with E-state index in [1.165, 1.54) is 5.56 Å².